The number of amides is 1. The second-order valence-electron chi connectivity index (χ2n) is 9.96. The van der Waals surface area contributed by atoms with E-state index < -0.39 is 0 Å². The fourth-order valence-electron chi connectivity index (χ4n) is 4.45. The molecule has 1 saturated heterocycles. The molecule has 1 aromatic carbocycles. The highest BCUT2D eigenvalue weighted by molar-refractivity contribution is 5.96. The van der Waals surface area contributed by atoms with Crippen molar-refractivity contribution in [1.82, 2.24) is 4.90 Å². The van der Waals surface area contributed by atoms with E-state index in [-0.39, 0.29) is 16.7 Å². The molecule has 28 heavy (non-hydrogen) atoms. The van der Waals surface area contributed by atoms with E-state index in [1.807, 2.05) is 11.0 Å². The molecule has 1 aromatic rings. The number of likely N-dealkylation sites (tertiary alicyclic amines) is 1. The van der Waals surface area contributed by atoms with Gasteiger partial charge in [-0.1, -0.05) is 32.4 Å². The molecular formula is C24H36N2O2. The average molecular weight is 385 g/mol. The van der Waals surface area contributed by atoms with Crippen molar-refractivity contribution in [3.8, 4) is 5.75 Å². The standard InChI is InChI=1S/C24H36N2O2/c1-18(2)9-12-25-13-10-24(11-14-25)17-26(22(27)16-23(3,4)5)21-8-7-19(28-6)15-20(21)24/h7-9,15H,10-14,16-17H2,1-6H3. The van der Waals surface area contributed by atoms with Crippen LogP contribution in [0.25, 0.3) is 0 Å². The van der Waals surface area contributed by atoms with Gasteiger partial charge in [-0.05, 0) is 69.0 Å². The van der Waals surface area contributed by atoms with Crippen LogP contribution in [0.15, 0.2) is 29.8 Å². The number of allylic oxidation sites excluding steroid dienone is 1. The fourth-order valence-corrected chi connectivity index (χ4v) is 4.45. The Hall–Kier alpha value is -1.81. The number of hydrogen-bond acceptors (Lipinski definition) is 3. The highest BCUT2D eigenvalue weighted by Gasteiger charge is 2.46. The first-order valence-corrected chi connectivity index (χ1v) is 10.5. The van der Waals surface area contributed by atoms with E-state index in [1.165, 1.54) is 11.1 Å². The van der Waals surface area contributed by atoms with Crippen molar-refractivity contribution in [2.45, 2.75) is 59.3 Å². The van der Waals surface area contributed by atoms with Gasteiger partial charge >= 0.3 is 0 Å². The number of benzene rings is 1. The molecule has 0 atom stereocenters. The maximum absolute atomic E-state index is 13.1. The van der Waals surface area contributed by atoms with Crippen LogP contribution in [0, 0.1) is 5.41 Å². The van der Waals surface area contributed by atoms with Crippen LogP contribution < -0.4 is 9.64 Å². The van der Waals surface area contributed by atoms with Gasteiger partial charge in [-0.3, -0.25) is 9.69 Å². The molecular weight excluding hydrogens is 348 g/mol. The molecule has 0 aliphatic carbocycles. The molecule has 0 aromatic heterocycles. The highest BCUT2D eigenvalue weighted by atomic mass is 16.5. The zero-order valence-corrected chi connectivity index (χ0v) is 18.5. The zero-order valence-electron chi connectivity index (χ0n) is 18.5. The summed E-state index contributed by atoms with van der Waals surface area (Å²) < 4.78 is 5.51. The van der Waals surface area contributed by atoms with E-state index in [4.69, 9.17) is 4.74 Å². The zero-order chi connectivity index (χ0) is 20.5. The van der Waals surface area contributed by atoms with Gasteiger partial charge in [0.1, 0.15) is 5.75 Å². The first-order valence-electron chi connectivity index (χ1n) is 10.5. The van der Waals surface area contributed by atoms with Gasteiger partial charge < -0.3 is 9.64 Å². The summed E-state index contributed by atoms with van der Waals surface area (Å²) in [4.78, 5) is 17.7. The predicted octanol–water partition coefficient (Wildman–Crippen LogP) is 4.78. The first-order chi connectivity index (χ1) is 13.1. The number of fused-ring (bicyclic) bond motifs is 2. The quantitative estimate of drug-likeness (QED) is 0.701. The molecule has 0 saturated carbocycles. The average Bonchev–Trinajstić information content (AvgIpc) is 2.94. The van der Waals surface area contributed by atoms with E-state index in [0.29, 0.717) is 6.42 Å². The molecule has 0 N–H and O–H groups in total. The maximum atomic E-state index is 13.1. The molecule has 3 rings (SSSR count). The monoisotopic (exact) mass is 384 g/mol. The minimum absolute atomic E-state index is 0.00676. The molecule has 2 aliphatic heterocycles. The number of nitrogens with zero attached hydrogens (tertiary/aromatic N) is 2. The number of hydrogen-bond donors (Lipinski definition) is 0. The molecule has 0 radical (unpaired) electrons. The van der Waals surface area contributed by atoms with Crippen LogP contribution in [0.2, 0.25) is 0 Å². The first kappa shape index (κ1) is 20.9. The number of piperidine rings is 1. The summed E-state index contributed by atoms with van der Waals surface area (Å²) >= 11 is 0. The Morgan fingerprint density at radius 3 is 2.46 bits per heavy atom. The van der Waals surface area contributed by atoms with Crippen molar-refractivity contribution in [3.63, 3.8) is 0 Å². The van der Waals surface area contributed by atoms with Crippen LogP contribution in [0.4, 0.5) is 5.69 Å². The Kier molecular flexibility index (Phi) is 5.90. The predicted molar refractivity (Wildman–Crippen MR) is 116 cm³/mol. The summed E-state index contributed by atoms with van der Waals surface area (Å²) in [6.45, 7) is 14.7. The third kappa shape index (κ3) is 4.43. The topological polar surface area (TPSA) is 32.8 Å². The number of carbonyl (C=O) groups is 1. The fraction of sp³-hybridized carbons (Fsp3) is 0.625. The van der Waals surface area contributed by atoms with E-state index in [2.05, 4.69) is 57.7 Å². The summed E-state index contributed by atoms with van der Waals surface area (Å²) in [5.74, 6) is 1.12. The van der Waals surface area contributed by atoms with Gasteiger partial charge in [-0.25, -0.2) is 0 Å². The third-order valence-electron chi connectivity index (χ3n) is 6.08. The van der Waals surface area contributed by atoms with Crippen LogP contribution in [-0.2, 0) is 10.2 Å². The normalized spacial score (nSPS) is 18.9. The molecule has 1 spiro atoms. The van der Waals surface area contributed by atoms with Gasteiger partial charge in [0.05, 0.1) is 7.11 Å². The summed E-state index contributed by atoms with van der Waals surface area (Å²) in [7, 11) is 1.72. The maximum Gasteiger partial charge on any atom is 0.227 e. The molecule has 4 nitrogen and oxygen atoms in total. The molecule has 154 valence electrons. The lowest BCUT2D eigenvalue weighted by Gasteiger charge is -2.39. The van der Waals surface area contributed by atoms with Gasteiger partial charge in [-0.2, -0.15) is 0 Å². The van der Waals surface area contributed by atoms with E-state index in [9.17, 15) is 4.79 Å². The van der Waals surface area contributed by atoms with Crippen LogP contribution >= 0.6 is 0 Å². The Bertz CT molecular complexity index is 748. The second kappa shape index (κ2) is 7.90. The largest absolute Gasteiger partial charge is 0.497 e. The van der Waals surface area contributed by atoms with E-state index in [1.54, 1.807) is 7.11 Å². The van der Waals surface area contributed by atoms with Gasteiger partial charge in [0, 0.05) is 30.6 Å². The summed E-state index contributed by atoms with van der Waals surface area (Å²) in [6, 6.07) is 6.24. The summed E-state index contributed by atoms with van der Waals surface area (Å²) in [5, 5.41) is 0. The molecule has 0 bridgehead atoms. The highest BCUT2D eigenvalue weighted by Crippen LogP contribution is 2.48. The van der Waals surface area contributed by atoms with Crippen LogP contribution in [0.3, 0.4) is 0 Å². The number of ether oxygens (including phenoxy) is 1. The van der Waals surface area contributed by atoms with Gasteiger partial charge in [0.2, 0.25) is 5.91 Å². The van der Waals surface area contributed by atoms with Crippen molar-refractivity contribution in [2.75, 3.05) is 38.2 Å². The number of rotatable bonds is 4. The Morgan fingerprint density at radius 2 is 1.89 bits per heavy atom. The van der Waals surface area contributed by atoms with Crippen molar-refractivity contribution >= 4 is 11.6 Å². The van der Waals surface area contributed by atoms with Crippen molar-refractivity contribution in [3.05, 3.63) is 35.4 Å². The Labute approximate surface area is 170 Å². The summed E-state index contributed by atoms with van der Waals surface area (Å²) in [6.07, 6.45) is 5.05. The molecule has 1 fully saturated rings. The molecule has 1 amide bonds. The van der Waals surface area contributed by atoms with Crippen molar-refractivity contribution in [2.24, 2.45) is 5.41 Å². The molecule has 2 aliphatic rings. The lowest BCUT2D eigenvalue weighted by Crippen LogP contribution is -2.46. The van der Waals surface area contributed by atoms with Gasteiger partial charge in [0.25, 0.3) is 0 Å². The van der Waals surface area contributed by atoms with E-state index in [0.717, 1.165) is 50.5 Å². The lowest BCUT2D eigenvalue weighted by atomic mass is 9.74. The Morgan fingerprint density at radius 1 is 1.21 bits per heavy atom. The van der Waals surface area contributed by atoms with Gasteiger partial charge in [-0.15, -0.1) is 0 Å². The van der Waals surface area contributed by atoms with Crippen LogP contribution in [0.1, 0.15) is 59.4 Å². The number of carbonyl (C=O) groups excluding carboxylic acids is 1. The lowest BCUT2D eigenvalue weighted by molar-refractivity contribution is -0.120. The van der Waals surface area contributed by atoms with Crippen molar-refractivity contribution in [1.29, 1.82) is 0 Å². The number of methoxy groups -OCH3 is 1. The SMILES string of the molecule is COc1ccc2c(c1)C1(CCN(CC=C(C)C)CC1)CN2C(=O)CC(C)(C)C. The van der Waals surface area contributed by atoms with Gasteiger partial charge in [0.15, 0.2) is 0 Å². The molecule has 0 unspecified atom stereocenters. The minimum atomic E-state index is -0.00676. The Balaban J connectivity index is 1.86. The molecule has 4 heteroatoms. The minimum Gasteiger partial charge on any atom is -0.497 e. The smallest absolute Gasteiger partial charge is 0.227 e. The molecule has 2 heterocycles. The third-order valence-corrected chi connectivity index (χ3v) is 6.08. The van der Waals surface area contributed by atoms with Crippen LogP contribution in [-0.4, -0.2) is 44.1 Å². The second-order valence-corrected chi connectivity index (χ2v) is 9.96. The van der Waals surface area contributed by atoms with Crippen LogP contribution in [0.5, 0.6) is 5.75 Å². The van der Waals surface area contributed by atoms with Crippen molar-refractivity contribution < 1.29 is 9.53 Å². The summed E-state index contributed by atoms with van der Waals surface area (Å²) in [5.41, 5.74) is 3.81. The number of anilines is 1. The van der Waals surface area contributed by atoms with E-state index >= 15 is 0 Å².